The van der Waals surface area contributed by atoms with Crippen LogP contribution >= 0.6 is 0 Å². The highest BCUT2D eigenvalue weighted by Crippen LogP contribution is 2.29. The lowest BCUT2D eigenvalue weighted by Gasteiger charge is -2.20. The Morgan fingerprint density at radius 1 is 1.16 bits per heavy atom. The fourth-order valence-electron chi connectivity index (χ4n) is 3.64. The van der Waals surface area contributed by atoms with E-state index in [4.69, 9.17) is 5.10 Å². The zero-order valence-corrected chi connectivity index (χ0v) is 17.1. The van der Waals surface area contributed by atoms with Gasteiger partial charge in [0, 0.05) is 30.8 Å². The molecule has 1 amide bonds. The zero-order chi connectivity index (χ0) is 21.8. The molecule has 9 heteroatoms. The van der Waals surface area contributed by atoms with Crippen LogP contribution in [0.1, 0.15) is 34.5 Å². The quantitative estimate of drug-likeness (QED) is 0.375. The molecule has 0 atom stereocenters. The molecule has 1 aromatic heterocycles. The molecule has 1 N–H and O–H groups in total. The van der Waals surface area contributed by atoms with Crippen LogP contribution in [0.3, 0.4) is 0 Å². The molecule has 1 aliphatic heterocycles. The number of hydrazone groups is 1. The summed E-state index contributed by atoms with van der Waals surface area (Å²) in [6, 6.07) is 15.4. The van der Waals surface area contributed by atoms with Crippen LogP contribution in [-0.4, -0.2) is 39.9 Å². The first kappa shape index (κ1) is 20.3. The smallest absolute Gasteiger partial charge is 0.271 e. The lowest BCUT2D eigenvalue weighted by atomic mass is 10.2. The minimum absolute atomic E-state index is 0.145. The molecule has 2 heterocycles. The van der Waals surface area contributed by atoms with Crippen molar-refractivity contribution in [3.05, 3.63) is 81.5 Å². The van der Waals surface area contributed by atoms with Crippen molar-refractivity contribution in [2.75, 3.05) is 18.0 Å². The molecular weight excluding hydrogens is 396 g/mol. The van der Waals surface area contributed by atoms with Crippen LogP contribution in [0, 0.1) is 17.0 Å². The van der Waals surface area contributed by atoms with Gasteiger partial charge in [-0.15, -0.1) is 0 Å². The normalized spacial score (nSPS) is 13.6. The Kier molecular flexibility index (Phi) is 5.74. The molecule has 2 aromatic carbocycles. The summed E-state index contributed by atoms with van der Waals surface area (Å²) in [6.45, 7) is 3.76. The van der Waals surface area contributed by atoms with Gasteiger partial charge >= 0.3 is 0 Å². The highest BCUT2D eigenvalue weighted by molar-refractivity contribution is 5.96. The number of hydrogen-bond acceptors (Lipinski definition) is 6. The number of carbonyl (C=O) groups is 1. The molecule has 0 radical (unpaired) electrons. The van der Waals surface area contributed by atoms with Gasteiger partial charge in [-0.2, -0.15) is 10.2 Å². The van der Waals surface area contributed by atoms with Crippen molar-refractivity contribution < 1.29 is 9.72 Å². The van der Waals surface area contributed by atoms with Crippen molar-refractivity contribution in [2.24, 2.45) is 5.10 Å². The predicted molar refractivity (Wildman–Crippen MR) is 118 cm³/mol. The molecule has 1 saturated heterocycles. The minimum Gasteiger partial charge on any atom is -0.356 e. The third-order valence-corrected chi connectivity index (χ3v) is 5.17. The van der Waals surface area contributed by atoms with Crippen molar-refractivity contribution in [3.63, 3.8) is 0 Å². The Hall–Kier alpha value is -4.01. The summed E-state index contributed by atoms with van der Waals surface area (Å²) in [5, 5.41) is 19.8. The van der Waals surface area contributed by atoms with Gasteiger partial charge in [-0.3, -0.25) is 14.9 Å². The summed E-state index contributed by atoms with van der Waals surface area (Å²) in [5.74, 6) is 0.422. The number of carbonyl (C=O) groups excluding carboxylic acids is 1. The van der Waals surface area contributed by atoms with Gasteiger partial charge in [0.2, 0.25) is 0 Å². The van der Waals surface area contributed by atoms with Gasteiger partial charge in [0.1, 0.15) is 5.82 Å². The van der Waals surface area contributed by atoms with Crippen molar-refractivity contribution in [1.82, 2.24) is 15.2 Å². The summed E-state index contributed by atoms with van der Waals surface area (Å²) < 4.78 is 1.91. The molecule has 0 bridgehead atoms. The lowest BCUT2D eigenvalue weighted by molar-refractivity contribution is -0.384. The number of aromatic nitrogens is 2. The number of benzene rings is 2. The summed E-state index contributed by atoms with van der Waals surface area (Å²) in [5.41, 5.74) is 5.05. The lowest BCUT2D eigenvalue weighted by Crippen LogP contribution is -2.23. The van der Waals surface area contributed by atoms with E-state index in [0.29, 0.717) is 0 Å². The molecule has 4 rings (SSSR count). The third-order valence-electron chi connectivity index (χ3n) is 5.17. The highest BCUT2D eigenvalue weighted by atomic mass is 16.6. The van der Waals surface area contributed by atoms with Gasteiger partial charge in [0.15, 0.2) is 0 Å². The largest absolute Gasteiger partial charge is 0.356 e. The van der Waals surface area contributed by atoms with E-state index >= 15 is 0 Å². The Balaban J connectivity index is 1.61. The van der Waals surface area contributed by atoms with Crippen LogP contribution in [0.2, 0.25) is 0 Å². The van der Waals surface area contributed by atoms with Gasteiger partial charge in [-0.1, -0.05) is 24.3 Å². The molecule has 3 aromatic rings. The molecule has 0 unspecified atom stereocenters. The molecule has 9 nitrogen and oxygen atoms in total. The fraction of sp³-hybridized carbons (Fsp3) is 0.227. The van der Waals surface area contributed by atoms with Crippen LogP contribution in [0.4, 0.5) is 11.5 Å². The topological polar surface area (TPSA) is 106 Å². The predicted octanol–water partition coefficient (Wildman–Crippen LogP) is 3.45. The number of anilines is 1. The first-order valence-corrected chi connectivity index (χ1v) is 10.0. The van der Waals surface area contributed by atoms with Crippen LogP contribution in [0.5, 0.6) is 0 Å². The monoisotopic (exact) mass is 418 g/mol. The molecule has 1 aliphatic rings. The molecule has 1 fully saturated rings. The van der Waals surface area contributed by atoms with E-state index in [1.807, 2.05) is 41.9 Å². The average molecular weight is 418 g/mol. The molecule has 0 aliphatic carbocycles. The molecular formula is C22H22N6O3. The van der Waals surface area contributed by atoms with Crippen LogP contribution in [0.25, 0.3) is 5.69 Å². The Morgan fingerprint density at radius 3 is 2.61 bits per heavy atom. The van der Waals surface area contributed by atoms with E-state index < -0.39 is 10.8 Å². The van der Waals surface area contributed by atoms with Crippen molar-refractivity contribution in [2.45, 2.75) is 19.8 Å². The first-order valence-electron chi connectivity index (χ1n) is 10.0. The number of hydrogen-bond donors (Lipinski definition) is 1. The van der Waals surface area contributed by atoms with Gasteiger partial charge < -0.3 is 4.90 Å². The average Bonchev–Trinajstić information content (AvgIpc) is 3.42. The maximum absolute atomic E-state index is 12.4. The van der Waals surface area contributed by atoms with Gasteiger partial charge in [-0.25, -0.2) is 10.1 Å². The Bertz CT molecular complexity index is 1130. The van der Waals surface area contributed by atoms with Gasteiger partial charge in [0.25, 0.3) is 11.6 Å². The van der Waals surface area contributed by atoms with Crippen LogP contribution in [0.15, 0.2) is 59.7 Å². The number of nitrogens with one attached hydrogen (secondary N) is 1. The zero-order valence-electron chi connectivity index (χ0n) is 17.1. The van der Waals surface area contributed by atoms with E-state index in [9.17, 15) is 14.9 Å². The number of nitro groups is 1. The van der Waals surface area contributed by atoms with E-state index in [-0.39, 0.29) is 11.3 Å². The summed E-state index contributed by atoms with van der Waals surface area (Å²) in [6.07, 6.45) is 3.81. The van der Waals surface area contributed by atoms with Gasteiger partial charge in [-0.05, 0) is 38.0 Å². The number of rotatable bonds is 6. The number of nitro benzene ring substituents is 1. The fourth-order valence-corrected chi connectivity index (χ4v) is 3.64. The summed E-state index contributed by atoms with van der Waals surface area (Å²) in [7, 11) is 0. The molecule has 31 heavy (non-hydrogen) atoms. The van der Waals surface area contributed by atoms with Crippen molar-refractivity contribution in [1.29, 1.82) is 0 Å². The summed E-state index contributed by atoms with van der Waals surface area (Å²) in [4.78, 5) is 25.0. The Morgan fingerprint density at radius 2 is 1.90 bits per heavy atom. The number of amides is 1. The van der Waals surface area contributed by atoms with E-state index in [1.54, 1.807) is 6.21 Å². The second-order valence-electron chi connectivity index (χ2n) is 7.27. The maximum atomic E-state index is 12.4. The van der Waals surface area contributed by atoms with E-state index in [1.165, 1.54) is 24.3 Å². The standard InChI is InChI=1S/C22H22N6O3/c1-16-20(15-23-24-21(29)17-8-7-11-19(14-17)28(30)31)22(26-12-5-6-13-26)27(25-16)18-9-3-2-4-10-18/h2-4,7-11,14-15H,5-6,12-13H2,1H3,(H,24,29)/b23-15-. The minimum atomic E-state index is -0.538. The Labute approximate surface area is 179 Å². The van der Waals surface area contributed by atoms with Crippen LogP contribution in [-0.2, 0) is 0 Å². The number of nitrogens with zero attached hydrogens (tertiary/aromatic N) is 5. The van der Waals surface area contributed by atoms with E-state index in [2.05, 4.69) is 15.4 Å². The maximum Gasteiger partial charge on any atom is 0.271 e. The second kappa shape index (κ2) is 8.78. The number of aryl methyl sites for hydroxylation is 1. The number of non-ortho nitro benzene ring substituents is 1. The molecule has 158 valence electrons. The van der Waals surface area contributed by atoms with Crippen molar-refractivity contribution >= 4 is 23.6 Å². The first-order chi connectivity index (χ1) is 15.0. The second-order valence-corrected chi connectivity index (χ2v) is 7.27. The van der Waals surface area contributed by atoms with E-state index in [0.717, 1.165) is 48.7 Å². The molecule has 0 saturated carbocycles. The molecule has 0 spiro atoms. The SMILES string of the molecule is Cc1nn(-c2ccccc2)c(N2CCCC2)c1/C=N\NC(=O)c1cccc([N+](=O)[O-])c1. The van der Waals surface area contributed by atoms with Crippen LogP contribution < -0.4 is 10.3 Å². The summed E-state index contributed by atoms with van der Waals surface area (Å²) >= 11 is 0. The third kappa shape index (κ3) is 4.30. The highest BCUT2D eigenvalue weighted by Gasteiger charge is 2.23. The van der Waals surface area contributed by atoms with Crippen molar-refractivity contribution in [3.8, 4) is 5.69 Å². The van der Waals surface area contributed by atoms with Gasteiger partial charge in [0.05, 0.1) is 28.1 Å². The number of para-hydroxylation sites is 1.